The lowest BCUT2D eigenvalue weighted by molar-refractivity contribution is -0.115. The number of rotatable bonds is 6. The molecule has 1 heterocycles. The molecule has 0 aliphatic carbocycles. The van der Waals surface area contributed by atoms with Gasteiger partial charge in [-0.2, -0.15) is 0 Å². The van der Waals surface area contributed by atoms with E-state index >= 15 is 0 Å². The van der Waals surface area contributed by atoms with E-state index in [9.17, 15) is 14.4 Å². The highest BCUT2D eigenvalue weighted by atomic mass is 16.2. The maximum Gasteiger partial charge on any atom is 0.253 e. The molecule has 3 amide bonds. The Morgan fingerprint density at radius 2 is 1.60 bits per heavy atom. The largest absolute Gasteiger partial charge is 0.376 e. The molecule has 1 aliphatic heterocycles. The Morgan fingerprint density at radius 3 is 2.27 bits per heavy atom. The molecule has 30 heavy (non-hydrogen) atoms. The number of hydrogen-bond donors (Lipinski definition) is 3. The molecular weight excluding hydrogens is 380 g/mol. The molecule has 1 aliphatic rings. The van der Waals surface area contributed by atoms with Crippen molar-refractivity contribution in [2.75, 3.05) is 35.6 Å². The van der Waals surface area contributed by atoms with E-state index in [-0.39, 0.29) is 24.3 Å². The summed E-state index contributed by atoms with van der Waals surface area (Å²) in [7, 11) is 0. The summed E-state index contributed by atoms with van der Waals surface area (Å²) in [6, 6.07) is 14.2. The first-order valence-electron chi connectivity index (χ1n) is 10.2. The van der Waals surface area contributed by atoms with E-state index in [0.717, 1.165) is 31.6 Å². The molecule has 0 bridgehead atoms. The molecule has 0 spiro atoms. The first-order chi connectivity index (χ1) is 14.4. The number of hydrogen-bond acceptors (Lipinski definition) is 4. The van der Waals surface area contributed by atoms with Gasteiger partial charge in [-0.15, -0.1) is 0 Å². The maximum absolute atomic E-state index is 12.7. The minimum atomic E-state index is -0.211. The van der Waals surface area contributed by atoms with Crippen molar-refractivity contribution in [3.05, 3.63) is 54.1 Å². The lowest BCUT2D eigenvalue weighted by atomic mass is 9.98. The Bertz CT molecular complexity index is 903. The Morgan fingerprint density at radius 1 is 0.933 bits per heavy atom. The smallest absolute Gasteiger partial charge is 0.253 e. The highest BCUT2D eigenvalue weighted by molar-refractivity contribution is 5.98. The molecule has 0 radical (unpaired) electrons. The number of likely N-dealkylation sites (tertiary alicyclic amines) is 1. The zero-order valence-corrected chi connectivity index (χ0v) is 17.4. The maximum atomic E-state index is 12.7. The third kappa shape index (κ3) is 6.07. The first kappa shape index (κ1) is 21.4. The fourth-order valence-corrected chi connectivity index (χ4v) is 3.39. The van der Waals surface area contributed by atoms with Gasteiger partial charge in [-0.1, -0.05) is 13.0 Å². The van der Waals surface area contributed by atoms with Crippen molar-refractivity contribution < 1.29 is 14.4 Å². The summed E-state index contributed by atoms with van der Waals surface area (Å²) < 4.78 is 0. The molecule has 7 nitrogen and oxygen atoms in total. The molecule has 2 aromatic rings. The Balaban J connectivity index is 1.52. The number of piperidine rings is 1. The zero-order chi connectivity index (χ0) is 21.5. The lowest BCUT2D eigenvalue weighted by Gasteiger charge is -2.30. The third-order valence-electron chi connectivity index (χ3n) is 5.12. The average Bonchev–Trinajstić information content (AvgIpc) is 2.73. The molecule has 158 valence electrons. The summed E-state index contributed by atoms with van der Waals surface area (Å²) in [4.78, 5) is 37.9. The summed E-state index contributed by atoms with van der Waals surface area (Å²) in [6.07, 6.45) is 2.05. The van der Waals surface area contributed by atoms with Crippen molar-refractivity contribution in [1.82, 2.24) is 4.90 Å². The minimum Gasteiger partial charge on any atom is -0.376 e. The van der Waals surface area contributed by atoms with E-state index in [2.05, 4.69) is 22.9 Å². The van der Waals surface area contributed by atoms with Gasteiger partial charge in [0.05, 0.1) is 6.54 Å². The number of anilines is 3. The summed E-state index contributed by atoms with van der Waals surface area (Å²) >= 11 is 0. The van der Waals surface area contributed by atoms with E-state index in [1.807, 2.05) is 4.90 Å². The van der Waals surface area contributed by atoms with E-state index in [0.29, 0.717) is 22.9 Å². The molecule has 7 heteroatoms. The van der Waals surface area contributed by atoms with Crippen LogP contribution in [0.15, 0.2) is 48.5 Å². The van der Waals surface area contributed by atoms with Crippen molar-refractivity contribution in [1.29, 1.82) is 0 Å². The van der Waals surface area contributed by atoms with Crippen LogP contribution in [-0.2, 0) is 9.59 Å². The fourth-order valence-electron chi connectivity index (χ4n) is 3.39. The van der Waals surface area contributed by atoms with Gasteiger partial charge in [-0.3, -0.25) is 14.4 Å². The van der Waals surface area contributed by atoms with E-state index in [1.54, 1.807) is 48.5 Å². The van der Waals surface area contributed by atoms with E-state index in [1.165, 1.54) is 6.92 Å². The third-order valence-corrected chi connectivity index (χ3v) is 5.12. The lowest BCUT2D eigenvalue weighted by Crippen LogP contribution is -2.37. The summed E-state index contributed by atoms with van der Waals surface area (Å²) in [6.45, 7) is 5.31. The molecule has 3 N–H and O–H groups in total. The van der Waals surface area contributed by atoms with Crippen molar-refractivity contribution in [3.8, 4) is 0 Å². The molecule has 0 saturated carbocycles. The van der Waals surface area contributed by atoms with Crippen molar-refractivity contribution in [2.24, 2.45) is 5.92 Å². The van der Waals surface area contributed by atoms with Crippen LogP contribution in [0.3, 0.4) is 0 Å². The second-order valence-electron chi connectivity index (χ2n) is 7.72. The summed E-state index contributed by atoms with van der Waals surface area (Å²) in [5.74, 6) is 0.326. The van der Waals surface area contributed by atoms with Crippen LogP contribution >= 0.6 is 0 Å². The van der Waals surface area contributed by atoms with Crippen molar-refractivity contribution >= 4 is 34.8 Å². The van der Waals surface area contributed by atoms with Crippen LogP contribution in [0.2, 0.25) is 0 Å². The number of amides is 3. The normalized spacial score (nSPS) is 14.1. The molecular formula is C23H28N4O3. The van der Waals surface area contributed by atoms with Crippen LogP contribution in [0.4, 0.5) is 17.1 Å². The standard InChI is InChI=1S/C23H28N4O3/c1-16-10-12-27(13-11-16)23(30)18-4-3-5-21(14-18)26-22(29)15-24-19-6-8-20(9-7-19)25-17(2)28/h3-9,14,16,24H,10-13,15H2,1-2H3,(H,25,28)(H,26,29). The van der Waals surface area contributed by atoms with Gasteiger partial charge in [0, 0.05) is 42.6 Å². The number of carbonyl (C=O) groups excluding carboxylic acids is 3. The van der Waals surface area contributed by atoms with Crippen LogP contribution in [0.5, 0.6) is 0 Å². The molecule has 2 aromatic carbocycles. The molecule has 0 unspecified atom stereocenters. The van der Waals surface area contributed by atoms with Gasteiger partial charge in [0.2, 0.25) is 11.8 Å². The number of benzene rings is 2. The van der Waals surface area contributed by atoms with Gasteiger partial charge in [0.1, 0.15) is 0 Å². The monoisotopic (exact) mass is 408 g/mol. The van der Waals surface area contributed by atoms with Crippen LogP contribution < -0.4 is 16.0 Å². The first-order valence-corrected chi connectivity index (χ1v) is 10.2. The number of nitrogens with zero attached hydrogens (tertiary/aromatic N) is 1. The minimum absolute atomic E-state index is 0.00961. The highest BCUT2D eigenvalue weighted by Gasteiger charge is 2.21. The fraction of sp³-hybridized carbons (Fsp3) is 0.348. The SMILES string of the molecule is CC(=O)Nc1ccc(NCC(=O)Nc2cccc(C(=O)N3CCC(C)CC3)c2)cc1. The number of nitrogens with one attached hydrogen (secondary N) is 3. The Kier molecular flexibility index (Phi) is 7.06. The van der Waals surface area contributed by atoms with E-state index in [4.69, 9.17) is 0 Å². The summed E-state index contributed by atoms with van der Waals surface area (Å²) in [5, 5.41) is 8.56. The van der Waals surface area contributed by atoms with Crippen LogP contribution in [-0.4, -0.2) is 42.3 Å². The molecule has 3 rings (SSSR count). The molecule has 1 saturated heterocycles. The highest BCUT2D eigenvalue weighted by Crippen LogP contribution is 2.20. The Labute approximate surface area is 176 Å². The predicted octanol–water partition coefficient (Wildman–Crippen LogP) is 3.57. The quantitative estimate of drug-likeness (QED) is 0.682. The van der Waals surface area contributed by atoms with Gasteiger partial charge >= 0.3 is 0 Å². The second kappa shape index (κ2) is 9.91. The summed E-state index contributed by atoms with van der Waals surface area (Å²) in [5.41, 5.74) is 2.65. The van der Waals surface area contributed by atoms with Crippen LogP contribution in [0.1, 0.15) is 37.0 Å². The molecule has 0 aromatic heterocycles. The molecule has 0 atom stereocenters. The van der Waals surface area contributed by atoms with Gasteiger partial charge < -0.3 is 20.9 Å². The van der Waals surface area contributed by atoms with Crippen molar-refractivity contribution in [3.63, 3.8) is 0 Å². The van der Waals surface area contributed by atoms with Gasteiger partial charge in [0.25, 0.3) is 5.91 Å². The predicted molar refractivity (Wildman–Crippen MR) is 119 cm³/mol. The van der Waals surface area contributed by atoms with Gasteiger partial charge in [-0.05, 0) is 61.2 Å². The number of carbonyl (C=O) groups is 3. The average molecular weight is 409 g/mol. The van der Waals surface area contributed by atoms with Crippen LogP contribution in [0.25, 0.3) is 0 Å². The topological polar surface area (TPSA) is 90.5 Å². The zero-order valence-electron chi connectivity index (χ0n) is 17.4. The van der Waals surface area contributed by atoms with Gasteiger partial charge in [-0.25, -0.2) is 0 Å². The second-order valence-corrected chi connectivity index (χ2v) is 7.72. The van der Waals surface area contributed by atoms with Crippen molar-refractivity contribution in [2.45, 2.75) is 26.7 Å². The molecule has 1 fully saturated rings. The van der Waals surface area contributed by atoms with Gasteiger partial charge in [0.15, 0.2) is 0 Å². The van der Waals surface area contributed by atoms with E-state index < -0.39 is 0 Å². The van der Waals surface area contributed by atoms with Crippen LogP contribution in [0, 0.1) is 5.92 Å². The Hall–Kier alpha value is -3.35.